The molecule has 31 heavy (non-hydrogen) atoms. The first-order valence-corrected chi connectivity index (χ1v) is 10.7. The Morgan fingerprint density at radius 3 is 2.84 bits per heavy atom. The molecule has 0 saturated heterocycles. The lowest BCUT2D eigenvalue weighted by molar-refractivity contribution is -0.143. The molecule has 2 aromatic heterocycles. The van der Waals surface area contributed by atoms with Gasteiger partial charge in [0.25, 0.3) is 0 Å². The van der Waals surface area contributed by atoms with E-state index in [4.69, 9.17) is 9.47 Å². The summed E-state index contributed by atoms with van der Waals surface area (Å²) in [6.07, 6.45) is 4.81. The normalized spacial score (nSPS) is 18.4. The Morgan fingerprint density at radius 1 is 1.32 bits per heavy atom. The number of carbonyl (C=O) groups is 2. The molecule has 9 nitrogen and oxygen atoms in total. The van der Waals surface area contributed by atoms with Gasteiger partial charge in [0.15, 0.2) is 0 Å². The van der Waals surface area contributed by atoms with E-state index in [2.05, 4.69) is 15.4 Å². The van der Waals surface area contributed by atoms with Crippen LogP contribution in [0.2, 0.25) is 0 Å². The average molecular weight is 431 g/mol. The third-order valence-corrected chi connectivity index (χ3v) is 5.48. The lowest BCUT2D eigenvalue weighted by atomic mass is 9.87. The van der Waals surface area contributed by atoms with E-state index in [0.29, 0.717) is 25.2 Å². The molecule has 0 spiro atoms. The molecule has 2 atom stereocenters. The molecular weight excluding hydrogens is 400 g/mol. The second kappa shape index (κ2) is 10.3. The number of aryl methyl sites for hydroxylation is 2. The van der Waals surface area contributed by atoms with E-state index < -0.39 is 12.1 Å². The van der Waals surface area contributed by atoms with Crippen molar-refractivity contribution in [3.05, 3.63) is 29.7 Å². The number of rotatable bonds is 8. The Hall–Kier alpha value is -3.10. The highest BCUT2D eigenvalue weighted by molar-refractivity contribution is 5.70. The standard InChI is InChI=1S/C22H30N4O5/c1-4-10-30-22(29)23-13-19-17(12-24-26(19)3)18-8-9-20(14(2)25-18)31-16-7-5-6-15(11-16)21(27)28/h8-9,12,15-16H,4-7,10-11,13H2,1-3H3,(H,23,29)(H,27,28)/t15?,16-/m0/s1. The number of hydrogen-bond donors (Lipinski definition) is 2. The fraction of sp³-hybridized carbons (Fsp3) is 0.545. The second-order valence-electron chi connectivity index (χ2n) is 7.84. The molecule has 0 bridgehead atoms. The third kappa shape index (κ3) is 5.74. The summed E-state index contributed by atoms with van der Waals surface area (Å²) in [5.74, 6) is -0.443. The molecule has 1 unspecified atom stereocenters. The molecule has 2 aromatic rings. The summed E-state index contributed by atoms with van der Waals surface area (Å²) in [6.45, 7) is 4.45. The van der Waals surface area contributed by atoms with Crippen molar-refractivity contribution < 1.29 is 24.2 Å². The molecule has 2 N–H and O–H groups in total. The number of hydrogen-bond acceptors (Lipinski definition) is 6. The van der Waals surface area contributed by atoms with Crippen LogP contribution in [0.4, 0.5) is 4.79 Å². The number of aromatic nitrogens is 3. The number of aliphatic carboxylic acids is 1. The topological polar surface area (TPSA) is 116 Å². The van der Waals surface area contributed by atoms with Crippen molar-refractivity contribution in [3.8, 4) is 17.0 Å². The zero-order valence-electron chi connectivity index (χ0n) is 18.3. The maximum absolute atomic E-state index is 11.8. The number of amides is 1. The van der Waals surface area contributed by atoms with Crippen molar-refractivity contribution in [1.82, 2.24) is 20.1 Å². The van der Waals surface area contributed by atoms with Gasteiger partial charge in [-0.3, -0.25) is 9.48 Å². The van der Waals surface area contributed by atoms with Gasteiger partial charge in [0, 0.05) is 12.6 Å². The molecule has 1 aliphatic rings. The fourth-order valence-electron chi connectivity index (χ4n) is 3.77. The van der Waals surface area contributed by atoms with Crippen molar-refractivity contribution in [2.24, 2.45) is 13.0 Å². The predicted molar refractivity (Wildman–Crippen MR) is 114 cm³/mol. The van der Waals surface area contributed by atoms with Crippen molar-refractivity contribution in [2.75, 3.05) is 6.61 Å². The number of alkyl carbamates (subject to hydrolysis) is 1. The van der Waals surface area contributed by atoms with Gasteiger partial charge in [-0.05, 0) is 51.2 Å². The Labute approximate surface area is 181 Å². The molecule has 168 valence electrons. The fourth-order valence-corrected chi connectivity index (χ4v) is 3.77. The highest BCUT2D eigenvalue weighted by Gasteiger charge is 2.28. The van der Waals surface area contributed by atoms with Crippen molar-refractivity contribution in [3.63, 3.8) is 0 Å². The first-order valence-electron chi connectivity index (χ1n) is 10.7. The van der Waals surface area contributed by atoms with Gasteiger partial charge < -0.3 is 19.9 Å². The summed E-state index contributed by atoms with van der Waals surface area (Å²) >= 11 is 0. The van der Waals surface area contributed by atoms with Crippen LogP contribution in [0.1, 0.15) is 50.4 Å². The van der Waals surface area contributed by atoms with Gasteiger partial charge in [0.2, 0.25) is 0 Å². The highest BCUT2D eigenvalue weighted by Crippen LogP contribution is 2.30. The molecule has 3 rings (SSSR count). The molecule has 1 amide bonds. The van der Waals surface area contributed by atoms with Crippen molar-refractivity contribution >= 4 is 12.1 Å². The number of ether oxygens (including phenoxy) is 2. The van der Waals surface area contributed by atoms with Gasteiger partial charge in [-0.2, -0.15) is 5.10 Å². The van der Waals surface area contributed by atoms with Crippen LogP contribution in [0.15, 0.2) is 18.3 Å². The first kappa shape index (κ1) is 22.6. The minimum absolute atomic E-state index is 0.117. The maximum atomic E-state index is 11.8. The highest BCUT2D eigenvalue weighted by atomic mass is 16.5. The average Bonchev–Trinajstić information content (AvgIpc) is 3.12. The minimum atomic E-state index is -0.755. The molecule has 1 saturated carbocycles. The van der Waals surface area contributed by atoms with Crippen LogP contribution in [0.3, 0.4) is 0 Å². The molecule has 1 fully saturated rings. The summed E-state index contributed by atoms with van der Waals surface area (Å²) in [4.78, 5) is 27.7. The third-order valence-electron chi connectivity index (χ3n) is 5.48. The van der Waals surface area contributed by atoms with Gasteiger partial charge in [-0.25, -0.2) is 9.78 Å². The quantitative estimate of drug-likeness (QED) is 0.659. The van der Waals surface area contributed by atoms with Crippen molar-refractivity contribution in [2.45, 2.75) is 58.6 Å². The summed E-state index contributed by atoms with van der Waals surface area (Å²) < 4.78 is 12.8. The Balaban J connectivity index is 1.70. The van der Waals surface area contributed by atoms with E-state index in [9.17, 15) is 14.7 Å². The minimum Gasteiger partial charge on any atom is -0.489 e. The zero-order valence-corrected chi connectivity index (χ0v) is 18.3. The van der Waals surface area contributed by atoms with Crippen LogP contribution in [-0.4, -0.2) is 44.6 Å². The van der Waals surface area contributed by atoms with E-state index in [1.807, 2.05) is 33.0 Å². The molecule has 2 heterocycles. The molecule has 0 radical (unpaired) electrons. The predicted octanol–water partition coefficient (Wildman–Crippen LogP) is 3.45. The largest absolute Gasteiger partial charge is 0.489 e. The van der Waals surface area contributed by atoms with Crippen LogP contribution >= 0.6 is 0 Å². The van der Waals surface area contributed by atoms with Crippen LogP contribution in [0.5, 0.6) is 5.75 Å². The summed E-state index contributed by atoms with van der Waals surface area (Å²) in [7, 11) is 1.81. The second-order valence-corrected chi connectivity index (χ2v) is 7.84. The number of pyridine rings is 1. The zero-order chi connectivity index (χ0) is 22.4. The maximum Gasteiger partial charge on any atom is 0.407 e. The molecule has 0 aromatic carbocycles. The van der Waals surface area contributed by atoms with Crippen LogP contribution in [-0.2, 0) is 23.1 Å². The lowest BCUT2D eigenvalue weighted by Crippen LogP contribution is -2.29. The van der Waals surface area contributed by atoms with E-state index in [1.165, 1.54) is 0 Å². The summed E-state index contributed by atoms with van der Waals surface area (Å²) in [5, 5.41) is 16.3. The van der Waals surface area contributed by atoms with Gasteiger partial charge in [-0.1, -0.05) is 6.92 Å². The Morgan fingerprint density at radius 2 is 2.13 bits per heavy atom. The number of carboxylic acids is 1. The van der Waals surface area contributed by atoms with Crippen LogP contribution in [0, 0.1) is 12.8 Å². The van der Waals surface area contributed by atoms with Crippen LogP contribution in [0.25, 0.3) is 11.3 Å². The van der Waals surface area contributed by atoms with E-state index >= 15 is 0 Å². The number of carbonyl (C=O) groups excluding carboxylic acids is 1. The van der Waals surface area contributed by atoms with Gasteiger partial charge in [0.05, 0.1) is 48.5 Å². The van der Waals surface area contributed by atoms with Crippen molar-refractivity contribution in [1.29, 1.82) is 0 Å². The van der Waals surface area contributed by atoms with E-state index in [0.717, 1.165) is 41.9 Å². The van der Waals surface area contributed by atoms with Gasteiger partial charge >= 0.3 is 12.1 Å². The first-order chi connectivity index (χ1) is 14.9. The smallest absolute Gasteiger partial charge is 0.407 e. The Bertz CT molecular complexity index is 927. The molecule has 9 heteroatoms. The summed E-state index contributed by atoms with van der Waals surface area (Å²) in [5.41, 5.74) is 3.07. The summed E-state index contributed by atoms with van der Waals surface area (Å²) in [6, 6.07) is 3.72. The number of carboxylic acid groups (broad SMARTS) is 1. The Kier molecular flexibility index (Phi) is 7.49. The lowest BCUT2D eigenvalue weighted by Gasteiger charge is -2.27. The SMILES string of the molecule is CCCOC(=O)NCc1c(-c2ccc(O[C@H]3CCCC(C(=O)O)C3)c(C)n2)cnn1C. The van der Waals surface area contributed by atoms with Crippen LogP contribution < -0.4 is 10.1 Å². The molecule has 1 aliphatic carbocycles. The monoisotopic (exact) mass is 430 g/mol. The number of nitrogens with one attached hydrogen (secondary N) is 1. The van der Waals surface area contributed by atoms with Gasteiger partial charge in [-0.15, -0.1) is 0 Å². The molecule has 0 aliphatic heterocycles. The number of nitrogens with zero attached hydrogens (tertiary/aromatic N) is 3. The molecular formula is C22H30N4O5. The van der Waals surface area contributed by atoms with E-state index in [1.54, 1.807) is 10.9 Å². The van der Waals surface area contributed by atoms with Gasteiger partial charge in [0.1, 0.15) is 5.75 Å². The van der Waals surface area contributed by atoms with E-state index in [-0.39, 0.29) is 18.6 Å².